The lowest BCUT2D eigenvalue weighted by Gasteiger charge is -1.95. The third-order valence-electron chi connectivity index (χ3n) is 2.21. The van der Waals surface area contributed by atoms with Gasteiger partial charge in [0.1, 0.15) is 5.78 Å². The lowest BCUT2D eigenvalue weighted by atomic mass is 10.2. The predicted molar refractivity (Wildman–Crippen MR) is 57.9 cm³/mol. The largest absolute Gasteiger partial charge is 0.359 e. The first-order valence-corrected chi connectivity index (χ1v) is 5.69. The van der Waals surface area contributed by atoms with Crippen LogP contribution in [0.4, 0.5) is 5.13 Å². The number of rotatable bonds is 4. The number of hydrogen-bond donors (Lipinski definition) is 1. The minimum Gasteiger partial charge on any atom is -0.359 e. The number of aryl methyl sites for hydroxylation is 1. The van der Waals surface area contributed by atoms with Crippen molar-refractivity contribution in [2.45, 2.75) is 39.2 Å². The third-order valence-corrected chi connectivity index (χ3v) is 3.30. The van der Waals surface area contributed by atoms with E-state index in [0.717, 1.165) is 15.7 Å². The van der Waals surface area contributed by atoms with Gasteiger partial charge in [0, 0.05) is 17.3 Å². The topological polar surface area (TPSA) is 42.0 Å². The molecule has 14 heavy (non-hydrogen) atoms. The van der Waals surface area contributed by atoms with Gasteiger partial charge >= 0.3 is 0 Å². The quantitative estimate of drug-likeness (QED) is 0.828. The van der Waals surface area contributed by atoms with E-state index < -0.39 is 0 Å². The molecular formula is C10H14N2OS. The molecule has 76 valence electrons. The molecule has 2 rings (SSSR count). The second-order valence-electron chi connectivity index (χ2n) is 3.83. The summed E-state index contributed by atoms with van der Waals surface area (Å²) >= 11 is 1.61. The van der Waals surface area contributed by atoms with Crippen LogP contribution in [0.3, 0.4) is 0 Å². The number of Topliss-reactive ketones (excluding diaryl/α,β-unsaturated/α-hetero) is 1. The molecule has 0 aliphatic heterocycles. The number of hydrogen-bond acceptors (Lipinski definition) is 4. The fourth-order valence-electron chi connectivity index (χ4n) is 1.28. The summed E-state index contributed by atoms with van der Waals surface area (Å²) in [5.74, 6) is 0.203. The van der Waals surface area contributed by atoms with Gasteiger partial charge in [0.05, 0.1) is 5.69 Å². The molecule has 1 aliphatic rings. The van der Waals surface area contributed by atoms with Crippen LogP contribution in [0.15, 0.2) is 0 Å². The number of carbonyl (C=O) groups is 1. The van der Waals surface area contributed by atoms with E-state index in [1.165, 1.54) is 12.8 Å². The molecule has 1 aliphatic carbocycles. The van der Waals surface area contributed by atoms with Gasteiger partial charge in [0.15, 0.2) is 5.13 Å². The molecule has 0 amide bonds. The number of nitrogens with one attached hydrogen (secondary N) is 1. The van der Waals surface area contributed by atoms with Crippen LogP contribution in [0.1, 0.15) is 30.3 Å². The molecule has 1 aromatic heterocycles. The fraction of sp³-hybridized carbons (Fsp3) is 0.600. The van der Waals surface area contributed by atoms with Gasteiger partial charge in [-0.25, -0.2) is 4.98 Å². The highest BCUT2D eigenvalue weighted by Gasteiger charge is 2.22. The van der Waals surface area contributed by atoms with Crippen molar-refractivity contribution < 1.29 is 4.79 Å². The number of anilines is 1. The maximum atomic E-state index is 11.0. The van der Waals surface area contributed by atoms with Crippen molar-refractivity contribution in [3.05, 3.63) is 10.6 Å². The number of nitrogens with zero attached hydrogens (tertiary/aromatic N) is 1. The van der Waals surface area contributed by atoms with E-state index in [9.17, 15) is 4.79 Å². The van der Waals surface area contributed by atoms with Crippen molar-refractivity contribution in [3.8, 4) is 0 Å². The van der Waals surface area contributed by atoms with Crippen LogP contribution in [-0.2, 0) is 11.2 Å². The van der Waals surface area contributed by atoms with E-state index in [2.05, 4.69) is 10.3 Å². The molecular weight excluding hydrogens is 196 g/mol. The first-order chi connectivity index (χ1) is 6.65. The fourth-order valence-corrected chi connectivity index (χ4v) is 2.39. The van der Waals surface area contributed by atoms with Crippen LogP contribution >= 0.6 is 11.3 Å². The minimum absolute atomic E-state index is 0.203. The molecule has 1 N–H and O–H groups in total. The van der Waals surface area contributed by atoms with Crippen molar-refractivity contribution in [1.82, 2.24) is 4.98 Å². The highest BCUT2D eigenvalue weighted by atomic mass is 32.1. The Morgan fingerprint density at radius 3 is 2.93 bits per heavy atom. The lowest BCUT2D eigenvalue weighted by Crippen LogP contribution is -1.99. The Morgan fingerprint density at radius 1 is 1.64 bits per heavy atom. The van der Waals surface area contributed by atoms with Crippen LogP contribution in [0.2, 0.25) is 0 Å². The number of carbonyl (C=O) groups excluding carboxylic acids is 1. The Hall–Kier alpha value is -0.900. The van der Waals surface area contributed by atoms with Crippen LogP contribution in [0.25, 0.3) is 0 Å². The Kier molecular flexibility index (Phi) is 2.54. The Morgan fingerprint density at radius 2 is 2.36 bits per heavy atom. The maximum absolute atomic E-state index is 11.0. The van der Waals surface area contributed by atoms with Crippen LogP contribution < -0.4 is 5.32 Å². The zero-order valence-corrected chi connectivity index (χ0v) is 9.28. The smallest absolute Gasteiger partial charge is 0.183 e. The van der Waals surface area contributed by atoms with E-state index in [1.807, 2.05) is 6.92 Å². The Balaban J connectivity index is 2.07. The minimum atomic E-state index is 0.203. The number of aromatic nitrogens is 1. The van der Waals surface area contributed by atoms with Crippen LogP contribution in [0, 0.1) is 6.92 Å². The first kappa shape index (κ1) is 9.65. The average Bonchev–Trinajstić information content (AvgIpc) is 2.79. The summed E-state index contributed by atoms with van der Waals surface area (Å²) in [5, 5.41) is 4.32. The standard InChI is InChI=1S/C10H14N2OS/c1-6(13)5-9-7(2)11-10(14-9)12-8-3-4-8/h8H,3-5H2,1-2H3,(H,11,12). The van der Waals surface area contributed by atoms with E-state index in [4.69, 9.17) is 0 Å². The van der Waals surface area contributed by atoms with Gasteiger partial charge < -0.3 is 5.32 Å². The van der Waals surface area contributed by atoms with Gasteiger partial charge in [-0.3, -0.25) is 4.79 Å². The third kappa shape index (κ3) is 2.32. The van der Waals surface area contributed by atoms with Crippen LogP contribution in [-0.4, -0.2) is 16.8 Å². The summed E-state index contributed by atoms with van der Waals surface area (Å²) in [6.45, 7) is 3.58. The van der Waals surface area contributed by atoms with Gasteiger partial charge in [-0.2, -0.15) is 0 Å². The van der Waals surface area contributed by atoms with Crippen molar-refractivity contribution in [2.75, 3.05) is 5.32 Å². The molecule has 0 spiro atoms. The second kappa shape index (κ2) is 3.69. The normalized spacial score (nSPS) is 15.6. The zero-order valence-electron chi connectivity index (χ0n) is 8.46. The lowest BCUT2D eigenvalue weighted by molar-refractivity contribution is -0.116. The molecule has 1 heterocycles. The highest BCUT2D eigenvalue weighted by molar-refractivity contribution is 7.15. The SMILES string of the molecule is CC(=O)Cc1sc(NC2CC2)nc1C. The molecule has 0 radical (unpaired) electrons. The molecule has 4 heteroatoms. The molecule has 1 saturated carbocycles. The van der Waals surface area contributed by atoms with E-state index >= 15 is 0 Å². The molecule has 0 unspecified atom stereocenters. The number of thiazole rings is 1. The summed E-state index contributed by atoms with van der Waals surface area (Å²) in [6.07, 6.45) is 3.02. The molecule has 3 nitrogen and oxygen atoms in total. The van der Waals surface area contributed by atoms with Crippen molar-refractivity contribution >= 4 is 22.3 Å². The summed E-state index contributed by atoms with van der Waals surface area (Å²) in [4.78, 5) is 16.5. The van der Waals surface area contributed by atoms with Crippen molar-refractivity contribution in [2.24, 2.45) is 0 Å². The molecule has 0 aromatic carbocycles. The molecule has 0 atom stereocenters. The van der Waals surface area contributed by atoms with E-state index in [0.29, 0.717) is 12.5 Å². The van der Waals surface area contributed by atoms with Gasteiger partial charge in [-0.05, 0) is 26.7 Å². The van der Waals surface area contributed by atoms with Crippen molar-refractivity contribution in [3.63, 3.8) is 0 Å². The van der Waals surface area contributed by atoms with E-state index in [1.54, 1.807) is 18.3 Å². The Bertz CT molecular complexity index is 355. The molecule has 1 fully saturated rings. The zero-order chi connectivity index (χ0) is 10.1. The van der Waals surface area contributed by atoms with Crippen molar-refractivity contribution in [1.29, 1.82) is 0 Å². The van der Waals surface area contributed by atoms with E-state index in [-0.39, 0.29) is 5.78 Å². The molecule has 0 bridgehead atoms. The molecule has 1 aromatic rings. The Labute approximate surface area is 87.6 Å². The van der Waals surface area contributed by atoms with Gasteiger partial charge in [-0.1, -0.05) is 0 Å². The first-order valence-electron chi connectivity index (χ1n) is 4.87. The highest BCUT2D eigenvalue weighted by Crippen LogP contribution is 2.29. The summed E-state index contributed by atoms with van der Waals surface area (Å²) in [5.41, 5.74) is 0.994. The summed E-state index contributed by atoms with van der Waals surface area (Å²) in [6, 6.07) is 0.630. The maximum Gasteiger partial charge on any atom is 0.183 e. The second-order valence-corrected chi connectivity index (χ2v) is 4.91. The van der Waals surface area contributed by atoms with Crippen LogP contribution in [0.5, 0.6) is 0 Å². The summed E-state index contributed by atoms with van der Waals surface area (Å²) in [7, 11) is 0. The monoisotopic (exact) mass is 210 g/mol. The predicted octanol–water partition coefficient (Wildman–Crippen LogP) is 2.16. The average molecular weight is 210 g/mol. The van der Waals surface area contributed by atoms with Gasteiger partial charge in [0.2, 0.25) is 0 Å². The van der Waals surface area contributed by atoms with Gasteiger partial charge in [-0.15, -0.1) is 11.3 Å². The van der Waals surface area contributed by atoms with Gasteiger partial charge in [0.25, 0.3) is 0 Å². The molecule has 0 saturated heterocycles. The number of ketones is 1. The summed E-state index contributed by atoms with van der Waals surface area (Å²) < 4.78 is 0.